The van der Waals surface area contributed by atoms with Crippen molar-refractivity contribution < 1.29 is 19.1 Å². The predicted octanol–water partition coefficient (Wildman–Crippen LogP) is 5.90. The number of rotatable bonds is 7. The van der Waals surface area contributed by atoms with E-state index in [1.165, 1.54) is 4.90 Å². The molecule has 4 rings (SSSR count). The van der Waals surface area contributed by atoms with Crippen LogP contribution in [0.3, 0.4) is 0 Å². The van der Waals surface area contributed by atoms with Gasteiger partial charge in [0.2, 0.25) is 0 Å². The second-order valence-corrected chi connectivity index (χ2v) is 9.07. The minimum absolute atomic E-state index is 0.197. The first-order chi connectivity index (χ1) is 16.4. The Hall–Kier alpha value is -3.55. The molecule has 1 N–H and O–H groups in total. The molecule has 0 aromatic heterocycles. The molecule has 0 spiro atoms. The number of para-hydroxylation sites is 1. The largest absolute Gasteiger partial charge is 0.483 e. The fourth-order valence-corrected chi connectivity index (χ4v) is 4.41. The van der Waals surface area contributed by atoms with E-state index < -0.39 is 0 Å². The summed E-state index contributed by atoms with van der Waals surface area (Å²) in [6.45, 7) is 1.92. The first-order valence-corrected chi connectivity index (χ1v) is 11.7. The molecule has 0 radical (unpaired) electrons. The molecule has 1 saturated heterocycles. The number of amides is 3. The summed E-state index contributed by atoms with van der Waals surface area (Å²) in [4.78, 5) is 39.2. The maximum Gasteiger partial charge on any atom is 0.293 e. The van der Waals surface area contributed by atoms with Crippen molar-refractivity contribution in [3.8, 4) is 5.75 Å². The van der Waals surface area contributed by atoms with Crippen LogP contribution >= 0.6 is 23.4 Å². The number of imide groups is 1. The van der Waals surface area contributed by atoms with Crippen LogP contribution in [0.25, 0.3) is 6.08 Å². The van der Waals surface area contributed by atoms with Crippen molar-refractivity contribution in [3.63, 3.8) is 0 Å². The summed E-state index contributed by atoms with van der Waals surface area (Å²) in [7, 11) is 0. The average Bonchev–Trinajstić information content (AvgIpc) is 3.06. The van der Waals surface area contributed by atoms with Gasteiger partial charge in [-0.15, -0.1) is 0 Å². The van der Waals surface area contributed by atoms with Crippen molar-refractivity contribution in [1.82, 2.24) is 4.90 Å². The number of carbonyl (C=O) groups excluding carboxylic acids is 3. The molecule has 3 amide bonds. The first kappa shape index (κ1) is 23.6. The molecule has 3 aromatic carbocycles. The number of carbonyl (C=O) groups is 3. The van der Waals surface area contributed by atoms with Crippen LogP contribution in [0.5, 0.6) is 5.75 Å². The van der Waals surface area contributed by atoms with Crippen molar-refractivity contribution in [1.29, 1.82) is 0 Å². The van der Waals surface area contributed by atoms with Gasteiger partial charge in [0.25, 0.3) is 17.1 Å². The lowest BCUT2D eigenvalue weighted by Crippen LogP contribution is -2.27. The Bertz CT molecular complexity index is 1280. The minimum Gasteiger partial charge on any atom is -0.483 e. The lowest BCUT2D eigenvalue weighted by Gasteiger charge is -2.13. The summed E-state index contributed by atoms with van der Waals surface area (Å²) >= 11 is 7.02. The highest BCUT2D eigenvalue weighted by Gasteiger charge is 2.35. The number of benzene rings is 3. The number of hydrogen-bond donors (Lipinski definition) is 1. The molecule has 0 bridgehead atoms. The Morgan fingerprint density at radius 3 is 2.62 bits per heavy atom. The normalized spacial score (nSPS) is 14.5. The van der Waals surface area contributed by atoms with Crippen molar-refractivity contribution in [2.75, 3.05) is 11.9 Å². The third-order valence-electron chi connectivity index (χ3n) is 4.97. The maximum absolute atomic E-state index is 13.0. The SMILES string of the molecule is Cc1cccc(CN2C(=O)S/C(=C\c3cc(Cl)ccc3OCC(=O)Nc3ccccc3)C2=O)c1. The first-order valence-electron chi connectivity index (χ1n) is 10.5. The smallest absolute Gasteiger partial charge is 0.293 e. The molecule has 1 heterocycles. The molecule has 0 atom stereocenters. The van der Waals surface area contributed by atoms with E-state index in [0.717, 1.165) is 22.9 Å². The second kappa shape index (κ2) is 10.6. The zero-order chi connectivity index (χ0) is 24.1. The van der Waals surface area contributed by atoms with E-state index in [4.69, 9.17) is 16.3 Å². The van der Waals surface area contributed by atoms with Gasteiger partial charge in [-0.1, -0.05) is 59.6 Å². The zero-order valence-corrected chi connectivity index (χ0v) is 19.9. The molecule has 6 nitrogen and oxygen atoms in total. The fourth-order valence-electron chi connectivity index (χ4n) is 3.40. The number of ether oxygens (including phenoxy) is 1. The van der Waals surface area contributed by atoms with Gasteiger partial charge in [0.15, 0.2) is 6.61 Å². The fraction of sp³-hybridized carbons (Fsp3) is 0.115. The van der Waals surface area contributed by atoms with E-state index in [1.54, 1.807) is 36.4 Å². The molecule has 0 saturated carbocycles. The van der Waals surface area contributed by atoms with Crippen molar-refractivity contribution in [2.24, 2.45) is 0 Å². The highest BCUT2D eigenvalue weighted by Crippen LogP contribution is 2.35. The van der Waals surface area contributed by atoms with E-state index >= 15 is 0 Å². The molecule has 172 valence electrons. The number of aryl methyl sites for hydroxylation is 1. The summed E-state index contributed by atoms with van der Waals surface area (Å²) in [5, 5.41) is 2.84. The molecule has 3 aromatic rings. The number of nitrogens with one attached hydrogen (secondary N) is 1. The third-order valence-corrected chi connectivity index (χ3v) is 6.11. The van der Waals surface area contributed by atoms with Gasteiger partial charge in [0.1, 0.15) is 5.75 Å². The quantitative estimate of drug-likeness (QED) is 0.415. The average molecular weight is 493 g/mol. The minimum atomic E-state index is -0.385. The molecule has 0 aliphatic carbocycles. The topological polar surface area (TPSA) is 75.7 Å². The number of halogens is 1. The lowest BCUT2D eigenvalue weighted by atomic mass is 10.1. The second-order valence-electron chi connectivity index (χ2n) is 7.64. The van der Waals surface area contributed by atoms with Crippen molar-refractivity contribution >= 4 is 52.2 Å². The monoisotopic (exact) mass is 492 g/mol. The van der Waals surface area contributed by atoms with Gasteiger partial charge in [-0.2, -0.15) is 0 Å². The van der Waals surface area contributed by atoms with E-state index in [-0.39, 0.29) is 35.1 Å². The molecule has 1 aliphatic rings. The van der Waals surface area contributed by atoms with Crippen LogP contribution in [0.2, 0.25) is 5.02 Å². The Morgan fingerprint density at radius 2 is 1.85 bits per heavy atom. The number of anilines is 1. The van der Waals surface area contributed by atoms with Crippen LogP contribution in [0.4, 0.5) is 10.5 Å². The highest BCUT2D eigenvalue weighted by atomic mass is 35.5. The van der Waals surface area contributed by atoms with Gasteiger partial charge in [-0.05, 0) is 60.7 Å². The summed E-state index contributed by atoms with van der Waals surface area (Å²) in [5.41, 5.74) is 3.09. The van der Waals surface area contributed by atoms with Gasteiger partial charge in [0, 0.05) is 16.3 Å². The summed E-state index contributed by atoms with van der Waals surface area (Å²) in [6.07, 6.45) is 1.57. The number of hydrogen-bond acceptors (Lipinski definition) is 5. The van der Waals surface area contributed by atoms with Crippen LogP contribution in [-0.4, -0.2) is 28.6 Å². The van der Waals surface area contributed by atoms with Crippen LogP contribution in [0, 0.1) is 6.92 Å². The van der Waals surface area contributed by atoms with Gasteiger partial charge < -0.3 is 10.1 Å². The van der Waals surface area contributed by atoms with Gasteiger partial charge in [-0.3, -0.25) is 19.3 Å². The van der Waals surface area contributed by atoms with Crippen LogP contribution in [0.15, 0.2) is 77.7 Å². The van der Waals surface area contributed by atoms with E-state index in [9.17, 15) is 14.4 Å². The molecule has 1 aliphatic heterocycles. The third kappa shape index (κ3) is 5.87. The maximum atomic E-state index is 13.0. The molecule has 34 heavy (non-hydrogen) atoms. The Labute approximate surface area is 206 Å². The van der Waals surface area contributed by atoms with Gasteiger partial charge >= 0.3 is 0 Å². The Morgan fingerprint density at radius 1 is 1.06 bits per heavy atom. The predicted molar refractivity (Wildman–Crippen MR) is 135 cm³/mol. The molecule has 0 unspecified atom stereocenters. The summed E-state index contributed by atoms with van der Waals surface area (Å²) in [5.74, 6) is -0.340. The van der Waals surface area contributed by atoms with Gasteiger partial charge in [0.05, 0.1) is 11.4 Å². The molecule has 8 heteroatoms. The standard InChI is InChI=1S/C26H21ClN2O4S/c1-17-6-5-7-18(12-17)15-29-25(31)23(34-26(29)32)14-19-13-20(27)10-11-22(19)33-16-24(30)28-21-8-3-2-4-9-21/h2-14H,15-16H2,1H3,(H,28,30)/b23-14-. The van der Waals surface area contributed by atoms with Crippen LogP contribution in [0.1, 0.15) is 16.7 Å². The van der Waals surface area contributed by atoms with E-state index in [1.807, 2.05) is 49.4 Å². The Kier molecular flexibility index (Phi) is 7.35. The van der Waals surface area contributed by atoms with Crippen LogP contribution < -0.4 is 10.1 Å². The van der Waals surface area contributed by atoms with Crippen LogP contribution in [-0.2, 0) is 16.1 Å². The van der Waals surface area contributed by atoms with E-state index in [2.05, 4.69) is 5.32 Å². The summed E-state index contributed by atoms with van der Waals surface area (Å²) < 4.78 is 5.70. The van der Waals surface area contributed by atoms with E-state index in [0.29, 0.717) is 22.0 Å². The van der Waals surface area contributed by atoms with Crippen molar-refractivity contribution in [2.45, 2.75) is 13.5 Å². The lowest BCUT2D eigenvalue weighted by molar-refractivity contribution is -0.123. The number of nitrogens with zero attached hydrogens (tertiary/aromatic N) is 1. The van der Waals surface area contributed by atoms with Crippen molar-refractivity contribution in [3.05, 3.63) is 99.4 Å². The highest BCUT2D eigenvalue weighted by molar-refractivity contribution is 8.18. The molecular weight excluding hydrogens is 472 g/mol. The molecular formula is C26H21ClN2O4S. The van der Waals surface area contributed by atoms with Gasteiger partial charge in [-0.25, -0.2) is 0 Å². The number of thioether (sulfide) groups is 1. The zero-order valence-electron chi connectivity index (χ0n) is 18.3. The molecule has 1 fully saturated rings. The summed E-state index contributed by atoms with van der Waals surface area (Å²) in [6, 6.07) is 21.6. The Balaban J connectivity index is 1.48.